The van der Waals surface area contributed by atoms with Crippen LogP contribution in [-0.2, 0) is 19.1 Å². The normalized spacial score (nSPS) is 13.3. The van der Waals surface area contributed by atoms with E-state index < -0.39 is 42.3 Å². The van der Waals surface area contributed by atoms with Crippen molar-refractivity contribution in [2.24, 2.45) is 0 Å². The highest BCUT2D eigenvalue weighted by Crippen LogP contribution is 2.27. The highest BCUT2D eigenvalue weighted by atomic mass is 16.5. The molecule has 2 aromatic carbocycles. The first-order valence-corrected chi connectivity index (χ1v) is 11.1. The number of unbranched alkanes of at least 4 members (excludes halogenated alkanes) is 1. The zero-order valence-corrected chi connectivity index (χ0v) is 19.0. The van der Waals surface area contributed by atoms with Gasteiger partial charge in [0.15, 0.2) is 6.61 Å². The molecule has 9 heteroatoms. The number of benzene rings is 2. The molecule has 0 fully saturated rings. The summed E-state index contributed by atoms with van der Waals surface area (Å²) in [6.07, 6.45) is 1.57. The molecule has 0 aromatic heterocycles. The second-order valence-electron chi connectivity index (χ2n) is 7.64. The van der Waals surface area contributed by atoms with Crippen molar-refractivity contribution in [2.45, 2.75) is 39.2 Å². The number of hydrogen-bond acceptors (Lipinski definition) is 7. The van der Waals surface area contributed by atoms with E-state index >= 15 is 0 Å². The lowest BCUT2D eigenvalue weighted by Crippen LogP contribution is -2.46. The van der Waals surface area contributed by atoms with Gasteiger partial charge in [0.1, 0.15) is 6.04 Å². The van der Waals surface area contributed by atoms with Crippen LogP contribution in [0.1, 0.15) is 64.2 Å². The Balaban J connectivity index is 1.62. The molecule has 3 amide bonds. The Labute approximate surface area is 197 Å². The maximum atomic E-state index is 12.8. The predicted molar refractivity (Wildman–Crippen MR) is 122 cm³/mol. The van der Waals surface area contributed by atoms with Crippen LogP contribution in [0.4, 0.5) is 5.69 Å². The monoisotopic (exact) mass is 466 g/mol. The van der Waals surface area contributed by atoms with Gasteiger partial charge in [-0.25, -0.2) is 9.59 Å². The first-order valence-electron chi connectivity index (χ1n) is 11.1. The standard InChI is InChI=1S/C25H26N2O7/c1-3-5-10-20(27-22(29)18-8-6-7-9-19(18)23(27)30)25(32)34-15-21(28)26-17-13-11-16(12-14-17)24(31)33-4-2/h6-9,11-14,20H,3-5,10,15H2,1-2H3,(H,26,28)/t20-/m0/s1. The lowest BCUT2D eigenvalue weighted by molar-refractivity contribution is -0.151. The number of fused-ring (bicyclic) bond motifs is 1. The third-order valence-corrected chi connectivity index (χ3v) is 5.27. The van der Waals surface area contributed by atoms with Crippen molar-refractivity contribution in [2.75, 3.05) is 18.5 Å². The van der Waals surface area contributed by atoms with Crippen LogP contribution < -0.4 is 5.32 Å². The lowest BCUT2D eigenvalue weighted by atomic mass is 10.1. The molecule has 0 unspecified atom stereocenters. The van der Waals surface area contributed by atoms with Crippen molar-refractivity contribution in [3.63, 3.8) is 0 Å². The van der Waals surface area contributed by atoms with E-state index in [1.165, 1.54) is 24.3 Å². The van der Waals surface area contributed by atoms with Crippen molar-refractivity contribution < 1.29 is 33.4 Å². The van der Waals surface area contributed by atoms with Crippen molar-refractivity contribution >= 4 is 35.3 Å². The molecule has 34 heavy (non-hydrogen) atoms. The maximum Gasteiger partial charge on any atom is 0.338 e. The number of rotatable bonds is 10. The van der Waals surface area contributed by atoms with E-state index in [2.05, 4.69) is 5.32 Å². The fourth-order valence-electron chi connectivity index (χ4n) is 3.57. The van der Waals surface area contributed by atoms with E-state index in [0.29, 0.717) is 17.7 Å². The van der Waals surface area contributed by atoms with E-state index in [0.717, 1.165) is 11.3 Å². The number of imide groups is 1. The smallest absolute Gasteiger partial charge is 0.338 e. The van der Waals surface area contributed by atoms with Gasteiger partial charge in [-0.3, -0.25) is 19.3 Å². The van der Waals surface area contributed by atoms with Crippen molar-refractivity contribution in [3.8, 4) is 0 Å². The summed E-state index contributed by atoms with van der Waals surface area (Å²) >= 11 is 0. The third kappa shape index (κ3) is 5.48. The summed E-state index contributed by atoms with van der Waals surface area (Å²) < 4.78 is 10.1. The summed E-state index contributed by atoms with van der Waals surface area (Å²) in [4.78, 5) is 63.3. The van der Waals surface area contributed by atoms with Crippen LogP contribution in [0.25, 0.3) is 0 Å². The first-order chi connectivity index (χ1) is 16.4. The fraction of sp³-hybridized carbons (Fsp3) is 0.320. The van der Waals surface area contributed by atoms with Gasteiger partial charge < -0.3 is 14.8 Å². The number of nitrogens with one attached hydrogen (secondary N) is 1. The molecule has 1 aliphatic heterocycles. The van der Waals surface area contributed by atoms with Crippen LogP contribution in [0.2, 0.25) is 0 Å². The molecule has 1 heterocycles. The molecular formula is C25H26N2O7. The van der Waals surface area contributed by atoms with Gasteiger partial charge in [0.2, 0.25) is 0 Å². The lowest BCUT2D eigenvalue weighted by Gasteiger charge is -2.24. The number of hydrogen-bond donors (Lipinski definition) is 1. The molecule has 0 spiro atoms. The Morgan fingerprint density at radius 2 is 1.53 bits per heavy atom. The second kappa shape index (κ2) is 11.2. The molecule has 0 saturated heterocycles. The maximum absolute atomic E-state index is 12.8. The van der Waals surface area contributed by atoms with Crippen LogP contribution in [0, 0.1) is 0 Å². The van der Waals surface area contributed by atoms with Crippen LogP contribution in [0.5, 0.6) is 0 Å². The zero-order chi connectivity index (χ0) is 24.7. The minimum absolute atomic E-state index is 0.234. The number of nitrogens with zero attached hydrogens (tertiary/aromatic N) is 1. The van der Waals surface area contributed by atoms with Gasteiger partial charge in [-0.2, -0.15) is 0 Å². The average molecular weight is 466 g/mol. The van der Waals surface area contributed by atoms with Gasteiger partial charge in [0.05, 0.1) is 23.3 Å². The van der Waals surface area contributed by atoms with Gasteiger partial charge in [-0.15, -0.1) is 0 Å². The molecule has 0 saturated carbocycles. The Hall–Kier alpha value is -4.01. The van der Waals surface area contributed by atoms with Crippen molar-refractivity contribution in [1.29, 1.82) is 0 Å². The topological polar surface area (TPSA) is 119 Å². The number of carbonyl (C=O) groups is 5. The summed E-state index contributed by atoms with van der Waals surface area (Å²) in [5.41, 5.74) is 1.22. The van der Waals surface area contributed by atoms with Crippen molar-refractivity contribution in [3.05, 3.63) is 65.2 Å². The van der Waals surface area contributed by atoms with Gasteiger partial charge in [-0.1, -0.05) is 31.9 Å². The molecule has 0 aliphatic carbocycles. The third-order valence-electron chi connectivity index (χ3n) is 5.27. The summed E-state index contributed by atoms with van der Waals surface area (Å²) in [7, 11) is 0. The minimum atomic E-state index is -1.12. The molecule has 9 nitrogen and oxygen atoms in total. The summed E-state index contributed by atoms with van der Waals surface area (Å²) in [5, 5.41) is 2.56. The number of esters is 2. The Morgan fingerprint density at radius 1 is 0.912 bits per heavy atom. The first kappa shape index (κ1) is 24.6. The van der Waals surface area contributed by atoms with Gasteiger partial charge in [0.25, 0.3) is 17.7 Å². The summed E-state index contributed by atoms with van der Waals surface area (Å²) in [6.45, 7) is 3.29. The SMILES string of the molecule is CCCC[C@@H](C(=O)OCC(=O)Nc1ccc(C(=O)OCC)cc1)N1C(=O)c2ccccc2C1=O. The predicted octanol–water partition coefficient (Wildman–Crippen LogP) is 3.20. The number of amides is 3. The van der Waals surface area contributed by atoms with E-state index in [-0.39, 0.29) is 24.2 Å². The molecule has 1 aliphatic rings. The Kier molecular flexibility index (Phi) is 8.13. The van der Waals surface area contributed by atoms with Crippen molar-refractivity contribution in [1.82, 2.24) is 4.90 Å². The minimum Gasteiger partial charge on any atom is -0.462 e. The van der Waals surface area contributed by atoms with E-state index in [1.54, 1.807) is 31.2 Å². The van der Waals surface area contributed by atoms with Gasteiger partial charge in [-0.05, 0) is 49.7 Å². The fourth-order valence-corrected chi connectivity index (χ4v) is 3.57. The Morgan fingerprint density at radius 3 is 2.09 bits per heavy atom. The highest BCUT2D eigenvalue weighted by Gasteiger charge is 2.43. The number of carbonyl (C=O) groups excluding carboxylic acids is 5. The average Bonchev–Trinajstić information content (AvgIpc) is 3.09. The van der Waals surface area contributed by atoms with E-state index in [4.69, 9.17) is 9.47 Å². The molecule has 0 radical (unpaired) electrons. The van der Waals surface area contributed by atoms with Crippen LogP contribution in [0.3, 0.4) is 0 Å². The quantitative estimate of drug-likeness (QED) is 0.422. The largest absolute Gasteiger partial charge is 0.462 e. The molecule has 1 atom stereocenters. The van der Waals surface area contributed by atoms with Crippen LogP contribution in [0.15, 0.2) is 48.5 Å². The highest BCUT2D eigenvalue weighted by molar-refractivity contribution is 6.22. The molecule has 2 aromatic rings. The van der Waals surface area contributed by atoms with Crippen LogP contribution in [-0.4, -0.2) is 53.8 Å². The second-order valence-corrected chi connectivity index (χ2v) is 7.64. The van der Waals surface area contributed by atoms with Crippen LogP contribution >= 0.6 is 0 Å². The summed E-state index contributed by atoms with van der Waals surface area (Å²) in [5.74, 6) is -3.00. The molecule has 3 rings (SSSR count). The summed E-state index contributed by atoms with van der Waals surface area (Å²) in [6, 6.07) is 11.3. The van der Waals surface area contributed by atoms with E-state index in [1.807, 2.05) is 6.92 Å². The van der Waals surface area contributed by atoms with Gasteiger partial charge >= 0.3 is 11.9 Å². The van der Waals surface area contributed by atoms with Gasteiger partial charge in [0, 0.05) is 5.69 Å². The molecule has 178 valence electrons. The number of ether oxygens (including phenoxy) is 2. The number of anilines is 1. The molecule has 1 N–H and O–H groups in total. The molecule has 0 bridgehead atoms. The zero-order valence-electron chi connectivity index (χ0n) is 19.0. The molecular weight excluding hydrogens is 440 g/mol. The Bertz CT molecular complexity index is 1060. The van der Waals surface area contributed by atoms with E-state index in [9.17, 15) is 24.0 Å².